The molecule has 0 aliphatic heterocycles. The van der Waals surface area contributed by atoms with Crippen molar-refractivity contribution in [2.75, 3.05) is 0 Å². The fraction of sp³-hybridized carbons (Fsp3) is 0.118. The molecule has 1 N–H and O–H groups in total. The molecule has 0 fully saturated rings. The maximum Gasteiger partial charge on any atom is 0.137 e. The summed E-state index contributed by atoms with van der Waals surface area (Å²) in [4.78, 5) is 3.97. The van der Waals surface area contributed by atoms with E-state index in [2.05, 4.69) is 10.3 Å². The van der Waals surface area contributed by atoms with E-state index in [-0.39, 0.29) is 5.82 Å². The molecule has 21 heavy (non-hydrogen) atoms. The van der Waals surface area contributed by atoms with Crippen LogP contribution in [0.15, 0.2) is 65.3 Å². The summed E-state index contributed by atoms with van der Waals surface area (Å²) >= 11 is 0. The zero-order valence-corrected chi connectivity index (χ0v) is 11.4. The Bertz CT molecular complexity index is 710. The number of pyridine rings is 1. The summed E-state index contributed by atoms with van der Waals surface area (Å²) < 4.78 is 19.4. The van der Waals surface area contributed by atoms with Crippen molar-refractivity contribution in [1.82, 2.24) is 10.3 Å². The first-order valence-corrected chi connectivity index (χ1v) is 6.76. The van der Waals surface area contributed by atoms with Crippen LogP contribution in [-0.4, -0.2) is 4.98 Å². The molecule has 1 aromatic carbocycles. The standard InChI is InChI=1S/C17H15FN2O/c18-16-4-2-1-3-15(16)17-6-5-14(21-17)12-20-11-13-7-9-19-10-8-13/h1-10,20H,11-12H2. The van der Waals surface area contributed by atoms with Gasteiger partial charge in [0.15, 0.2) is 0 Å². The van der Waals surface area contributed by atoms with Crippen LogP contribution >= 0.6 is 0 Å². The first kappa shape index (κ1) is 13.5. The molecule has 4 heteroatoms. The Morgan fingerprint density at radius 2 is 1.76 bits per heavy atom. The molecule has 106 valence electrons. The second-order valence-corrected chi connectivity index (χ2v) is 4.70. The van der Waals surface area contributed by atoms with E-state index in [1.807, 2.05) is 18.2 Å². The lowest BCUT2D eigenvalue weighted by Gasteiger charge is -2.03. The maximum atomic E-state index is 13.7. The van der Waals surface area contributed by atoms with Gasteiger partial charge in [-0.3, -0.25) is 4.98 Å². The van der Waals surface area contributed by atoms with Gasteiger partial charge in [0.1, 0.15) is 17.3 Å². The Morgan fingerprint density at radius 3 is 2.57 bits per heavy atom. The molecule has 2 heterocycles. The number of hydrogen-bond acceptors (Lipinski definition) is 3. The van der Waals surface area contributed by atoms with E-state index in [0.29, 0.717) is 17.9 Å². The van der Waals surface area contributed by atoms with Crippen molar-refractivity contribution in [3.05, 3.63) is 78.1 Å². The van der Waals surface area contributed by atoms with Gasteiger partial charge >= 0.3 is 0 Å². The fourth-order valence-electron chi connectivity index (χ4n) is 2.11. The van der Waals surface area contributed by atoms with Crippen molar-refractivity contribution >= 4 is 0 Å². The molecule has 3 rings (SSSR count). The van der Waals surface area contributed by atoms with Crippen molar-refractivity contribution in [1.29, 1.82) is 0 Å². The lowest BCUT2D eigenvalue weighted by atomic mass is 10.1. The van der Waals surface area contributed by atoms with Gasteiger partial charge in [0.05, 0.1) is 12.1 Å². The first-order valence-electron chi connectivity index (χ1n) is 6.76. The zero-order valence-electron chi connectivity index (χ0n) is 11.4. The van der Waals surface area contributed by atoms with Crippen LogP contribution in [0, 0.1) is 5.82 Å². The largest absolute Gasteiger partial charge is 0.460 e. The lowest BCUT2D eigenvalue weighted by Crippen LogP contribution is -2.11. The normalized spacial score (nSPS) is 10.7. The molecule has 0 amide bonds. The van der Waals surface area contributed by atoms with E-state index in [1.54, 1.807) is 36.7 Å². The molecule has 0 radical (unpaired) electrons. The highest BCUT2D eigenvalue weighted by Crippen LogP contribution is 2.24. The van der Waals surface area contributed by atoms with Crippen LogP contribution in [0.3, 0.4) is 0 Å². The Hall–Kier alpha value is -2.46. The average molecular weight is 282 g/mol. The van der Waals surface area contributed by atoms with Crippen molar-refractivity contribution in [2.45, 2.75) is 13.1 Å². The predicted molar refractivity (Wildman–Crippen MR) is 78.9 cm³/mol. The van der Waals surface area contributed by atoms with Crippen molar-refractivity contribution in [3.8, 4) is 11.3 Å². The molecule has 0 unspecified atom stereocenters. The summed E-state index contributed by atoms with van der Waals surface area (Å²) in [5.74, 6) is 1.05. The highest BCUT2D eigenvalue weighted by atomic mass is 19.1. The van der Waals surface area contributed by atoms with Gasteiger partial charge in [0, 0.05) is 18.9 Å². The quantitative estimate of drug-likeness (QED) is 0.774. The average Bonchev–Trinajstić information content (AvgIpc) is 2.97. The Kier molecular flexibility index (Phi) is 4.07. The molecule has 2 aromatic heterocycles. The topological polar surface area (TPSA) is 38.1 Å². The van der Waals surface area contributed by atoms with E-state index >= 15 is 0 Å². The third-order valence-corrected chi connectivity index (χ3v) is 3.18. The van der Waals surface area contributed by atoms with Gasteiger partial charge in [0.2, 0.25) is 0 Å². The minimum absolute atomic E-state index is 0.275. The summed E-state index contributed by atoms with van der Waals surface area (Å²) in [6.07, 6.45) is 3.53. The molecule has 0 aliphatic carbocycles. The van der Waals surface area contributed by atoms with Crippen LogP contribution in [0.4, 0.5) is 4.39 Å². The third-order valence-electron chi connectivity index (χ3n) is 3.18. The van der Waals surface area contributed by atoms with E-state index in [1.165, 1.54) is 6.07 Å². The summed E-state index contributed by atoms with van der Waals surface area (Å²) in [6.45, 7) is 1.33. The van der Waals surface area contributed by atoms with Gasteiger partial charge in [-0.2, -0.15) is 0 Å². The molecule has 0 atom stereocenters. The minimum atomic E-state index is -0.275. The summed E-state index contributed by atoms with van der Waals surface area (Å²) in [6, 6.07) is 14.2. The Morgan fingerprint density at radius 1 is 0.952 bits per heavy atom. The Balaban J connectivity index is 1.62. The number of nitrogens with zero attached hydrogens (tertiary/aromatic N) is 1. The van der Waals surface area contributed by atoms with E-state index in [4.69, 9.17) is 4.42 Å². The summed E-state index contributed by atoms with van der Waals surface area (Å²) in [5, 5.41) is 3.28. The van der Waals surface area contributed by atoms with E-state index in [0.717, 1.165) is 17.9 Å². The highest BCUT2D eigenvalue weighted by molar-refractivity contribution is 5.58. The zero-order chi connectivity index (χ0) is 14.5. The lowest BCUT2D eigenvalue weighted by molar-refractivity contribution is 0.490. The van der Waals surface area contributed by atoms with Gasteiger partial charge in [-0.25, -0.2) is 4.39 Å². The van der Waals surface area contributed by atoms with Crippen LogP contribution < -0.4 is 5.32 Å². The van der Waals surface area contributed by atoms with Gasteiger partial charge < -0.3 is 9.73 Å². The summed E-state index contributed by atoms with van der Waals surface area (Å²) in [5.41, 5.74) is 1.64. The van der Waals surface area contributed by atoms with Crippen LogP contribution in [0.1, 0.15) is 11.3 Å². The van der Waals surface area contributed by atoms with Crippen molar-refractivity contribution < 1.29 is 8.81 Å². The SMILES string of the molecule is Fc1ccccc1-c1ccc(CNCc2ccncc2)o1. The van der Waals surface area contributed by atoms with Gasteiger partial charge in [-0.05, 0) is 42.0 Å². The number of aromatic nitrogens is 1. The molecule has 0 spiro atoms. The minimum Gasteiger partial charge on any atom is -0.460 e. The summed E-state index contributed by atoms with van der Waals surface area (Å²) in [7, 11) is 0. The number of benzene rings is 1. The van der Waals surface area contributed by atoms with Crippen molar-refractivity contribution in [3.63, 3.8) is 0 Å². The fourth-order valence-corrected chi connectivity index (χ4v) is 2.11. The molecule has 3 nitrogen and oxygen atoms in total. The molecule has 0 bridgehead atoms. The van der Waals surface area contributed by atoms with Crippen LogP contribution in [0.25, 0.3) is 11.3 Å². The smallest absolute Gasteiger partial charge is 0.137 e. The second-order valence-electron chi connectivity index (χ2n) is 4.70. The predicted octanol–water partition coefficient (Wildman–Crippen LogP) is 3.77. The van der Waals surface area contributed by atoms with E-state index in [9.17, 15) is 4.39 Å². The molecule has 3 aromatic rings. The van der Waals surface area contributed by atoms with E-state index < -0.39 is 0 Å². The third kappa shape index (κ3) is 3.35. The second kappa shape index (κ2) is 6.33. The number of furan rings is 1. The van der Waals surface area contributed by atoms with Gasteiger partial charge in [-0.15, -0.1) is 0 Å². The van der Waals surface area contributed by atoms with Crippen molar-refractivity contribution in [2.24, 2.45) is 0 Å². The molecular formula is C17H15FN2O. The maximum absolute atomic E-state index is 13.7. The Labute approximate surface area is 122 Å². The van der Waals surface area contributed by atoms with Crippen LogP contribution in [0.5, 0.6) is 0 Å². The molecule has 0 saturated carbocycles. The molecule has 0 saturated heterocycles. The monoisotopic (exact) mass is 282 g/mol. The van der Waals surface area contributed by atoms with Crippen LogP contribution in [0.2, 0.25) is 0 Å². The number of rotatable bonds is 5. The van der Waals surface area contributed by atoms with Crippen LogP contribution in [-0.2, 0) is 13.1 Å². The number of nitrogens with one attached hydrogen (secondary N) is 1. The van der Waals surface area contributed by atoms with Gasteiger partial charge in [0.25, 0.3) is 0 Å². The number of hydrogen-bond donors (Lipinski definition) is 1. The highest BCUT2D eigenvalue weighted by Gasteiger charge is 2.08. The first-order chi connectivity index (χ1) is 10.3. The van der Waals surface area contributed by atoms with Gasteiger partial charge in [-0.1, -0.05) is 12.1 Å². The molecule has 0 aliphatic rings. The molecular weight excluding hydrogens is 267 g/mol. The number of halogens is 1.